The quantitative estimate of drug-likeness (QED) is 0.704. The topological polar surface area (TPSA) is 50.9 Å². The molecule has 98 valence electrons. The molecular weight excluding hydrogens is 266 g/mol. The lowest BCUT2D eigenvalue weighted by Gasteiger charge is -2.07. The van der Waals surface area contributed by atoms with Crippen molar-refractivity contribution in [2.24, 2.45) is 5.73 Å². The van der Waals surface area contributed by atoms with E-state index in [1.54, 1.807) is 0 Å². The molecule has 3 nitrogen and oxygen atoms in total. The fourth-order valence-electron chi connectivity index (χ4n) is 2.15. The molecule has 3 N–H and O–H groups in total. The number of pyridine rings is 1. The van der Waals surface area contributed by atoms with E-state index in [1.165, 1.54) is 0 Å². The molecule has 3 aromatic rings. The lowest BCUT2D eigenvalue weighted by molar-refractivity contribution is 1.41. The summed E-state index contributed by atoms with van der Waals surface area (Å²) in [4.78, 5) is 4.48. The van der Waals surface area contributed by atoms with E-state index in [2.05, 4.69) is 22.4 Å². The van der Waals surface area contributed by atoms with Crippen molar-refractivity contribution in [3.8, 4) is 11.1 Å². The van der Waals surface area contributed by atoms with Gasteiger partial charge in [0.1, 0.15) is 0 Å². The van der Waals surface area contributed by atoms with Gasteiger partial charge in [-0.1, -0.05) is 30.3 Å². The Kier molecular flexibility index (Phi) is 3.31. The Labute approximate surface area is 122 Å². The van der Waals surface area contributed by atoms with Crippen LogP contribution in [0.5, 0.6) is 0 Å². The maximum atomic E-state index is 5.50. The van der Waals surface area contributed by atoms with Crippen LogP contribution in [0.1, 0.15) is 0 Å². The van der Waals surface area contributed by atoms with Crippen molar-refractivity contribution in [1.29, 1.82) is 0 Å². The van der Waals surface area contributed by atoms with Gasteiger partial charge in [0.15, 0.2) is 5.11 Å². The van der Waals surface area contributed by atoms with Crippen molar-refractivity contribution in [3.63, 3.8) is 0 Å². The molecule has 20 heavy (non-hydrogen) atoms. The maximum Gasteiger partial charge on any atom is 0.168 e. The zero-order valence-electron chi connectivity index (χ0n) is 10.7. The van der Waals surface area contributed by atoms with Gasteiger partial charge in [-0.05, 0) is 42.0 Å². The summed E-state index contributed by atoms with van der Waals surface area (Å²) in [6, 6.07) is 18.1. The number of nitrogens with one attached hydrogen (secondary N) is 1. The van der Waals surface area contributed by atoms with Crippen LogP contribution in [-0.4, -0.2) is 10.1 Å². The zero-order chi connectivity index (χ0) is 13.9. The summed E-state index contributed by atoms with van der Waals surface area (Å²) in [5.41, 5.74) is 9.51. The van der Waals surface area contributed by atoms with Crippen LogP contribution >= 0.6 is 12.2 Å². The Morgan fingerprint density at radius 1 is 1.00 bits per heavy atom. The largest absolute Gasteiger partial charge is 0.376 e. The molecule has 0 bridgehead atoms. The van der Waals surface area contributed by atoms with E-state index in [0.717, 1.165) is 27.7 Å². The number of anilines is 1. The third-order valence-corrected chi connectivity index (χ3v) is 3.16. The Hall–Kier alpha value is -2.46. The molecule has 0 fully saturated rings. The van der Waals surface area contributed by atoms with Gasteiger partial charge in [0.25, 0.3) is 0 Å². The van der Waals surface area contributed by atoms with Crippen molar-refractivity contribution >= 4 is 33.9 Å². The first-order valence-electron chi connectivity index (χ1n) is 6.24. The summed E-state index contributed by atoms with van der Waals surface area (Å²) in [6.45, 7) is 0. The fraction of sp³-hybridized carbons (Fsp3) is 0. The van der Waals surface area contributed by atoms with Gasteiger partial charge in [0.2, 0.25) is 0 Å². The van der Waals surface area contributed by atoms with Crippen molar-refractivity contribution < 1.29 is 0 Å². The molecule has 1 aromatic heterocycles. The highest BCUT2D eigenvalue weighted by Crippen LogP contribution is 2.24. The van der Waals surface area contributed by atoms with Gasteiger partial charge >= 0.3 is 0 Å². The van der Waals surface area contributed by atoms with Crippen LogP contribution in [0.2, 0.25) is 0 Å². The molecule has 0 aliphatic carbocycles. The molecule has 3 rings (SSSR count). The monoisotopic (exact) mass is 279 g/mol. The van der Waals surface area contributed by atoms with Gasteiger partial charge in [-0.15, -0.1) is 0 Å². The number of hydrogen-bond donors (Lipinski definition) is 2. The second-order valence-electron chi connectivity index (χ2n) is 4.49. The minimum absolute atomic E-state index is 0.263. The molecule has 2 aromatic carbocycles. The Morgan fingerprint density at radius 3 is 2.70 bits per heavy atom. The van der Waals surface area contributed by atoms with E-state index in [4.69, 9.17) is 18.0 Å². The highest BCUT2D eigenvalue weighted by Gasteiger charge is 2.02. The Morgan fingerprint density at radius 2 is 1.85 bits per heavy atom. The second-order valence-corrected chi connectivity index (χ2v) is 4.93. The predicted molar refractivity (Wildman–Crippen MR) is 87.6 cm³/mol. The molecule has 0 spiro atoms. The number of para-hydroxylation sites is 1. The first-order valence-corrected chi connectivity index (χ1v) is 6.65. The molecule has 0 aliphatic rings. The van der Waals surface area contributed by atoms with Crippen LogP contribution in [0.3, 0.4) is 0 Å². The van der Waals surface area contributed by atoms with Gasteiger partial charge in [0.05, 0.1) is 5.52 Å². The summed E-state index contributed by atoms with van der Waals surface area (Å²) in [7, 11) is 0. The van der Waals surface area contributed by atoms with E-state index in [1.807, 2.05) is 48.7 Å². The third kappa shape index (κ3) is 2.60. The van der Waals surface area contributed by atoms with Crippen molar-refractivity contribution in [2.75, 3.05) is 5.32 Å². The standard InChI is InChI=1S/C16H13N3S/c17-16(20)19-14-6-3-5-11(9-14)13-8-12-4-1-2-7-15(12)18-10-13/h1-10H,(H3,17,19,20). The first kappa shape index (κ1) is 12.6. The Bertz CT molecular complexity index is 783. The second kappa shape index (κ2) is 5.27. The van der Waals surface area contributed by atoms with Gasteiger partial charge in [-0.2, -0.15) is 0 Å². The molecule has 0 radical (unpaired) electrons. The van der Waals surface area contributed by atoms with Gasteiger partial charge in [0, 0.05) is 22.8 Å². The number of hydrogen-bond acceptors (Lipinski definition) is 2. The zero-order valence-corrected chi connectivity index (χ0v) is 11.5. The normalized spacial score (nSPS) is 10.4. The summed E-state index contributed by atoms with van der Waals surface area (Å²) >= 11 is 4.86. The average Bonchev–Trinajstić information content (AvgIpc) is 2.46. The summed E-state index contributed by atoms with van der Waals surface area (Å²) in [6.07, 6.45) is 1.88. The van der Waals surface area contributed by atoms with Crippen LogP contribution < -0.4 is 11.1 Å². The number of rotatable bonds is 2. The number of fused-ring (bicyclic) bond motifs is 1. The lowest BCUT2D eigenvalue weighted by atomic mass is 10.0. The minimum Gasteiger partial charge on any atom is -0.376 e. The molecule has 0 atom stereocenters. The van der Waals surface area contributed by atoms with Crippen LogP contribution in [0, 0.1) is 0 Å². The summed E-state index contributed by atoms with van der Waals surface area (Å²) < 4.78 is 0. The average molecular weight is 279 g/mol. The number of thiocarbonyl (C=S) groups is 1. The van der Waals surface area contributed by atoms with E-state index >= 15 is 0 Å². The molecule has 4 heteroatoms. The number of nitrogens with zero attached hydrogens (tertiary/aromatic N) is 1. The van der Waals surface area contributed by atoms with Crippen molar-refractivity contribution in [2.45, 2.75) is 0 Å². The number of benzene rings is 2. The number of aromatic nitrogens is 1. The fourth-order valence-corrected chi connectivity index (χ4v) is 2.27. The van der Waals surface area contributed by atoms with Gasteiger partial charge in [-0.3, -0.25) is 4.98 Å². The van der Waals surface area contributed by atoms with E-state index in [9.17, 15) is 0 Å². The molecule has 0 aliphatic heterocycles. The molecular formula is C16H13N3S. The predicted octanol–water partition coefficient (Wildman–Crippen LogP) is 3.56. The molecule has 0 unspecified atom stereocenters. The SMILES string of the molecule is NC(=S)Nc1cccc(-c2cnc3ccccc3c2)c1. The van der Waals surface area contributed by atoms with Gasteiger partial charge < -0.3 is 11.1 Å². The molecule has 0 saturated heterocycles. The highest BCUT2D eigenvalue weighted by atomic mass is 32.1. The highest BCUT2D eigenvalue weighted by molar-refractivity contribution is 7.80. The smallest absolute Gasteiger partial charge is 0.168 e. The third-order valence-electron chi connectivity index (χ3n) is 3.05. The molecule has 0 saturated carbocycles. The summed E-state index contributed by atoms with van der Waals surface area (Å²) in [5, 5.41) is 4.33. The molecule has 0 amide bonds. The van der Waals surface area contributed by atoms with Crippen LogP contribution in [-0.2, 0) is 0 Å². The van der Waals surface area contributed by atoms with Crippen molar-refractivity contribution in [1.82, 2.24) is 4.98 Å². The molecule has 1 heterocycles. The van der Waals surface area contributed by atoms with Crippen LogP contribution in [0.15, 0.2) is 60.8 Å². The van der Waals surface area contributed by atoms with Crippen molar-refractivity contribution in [3.05, 3.63) is 60.8 Å². The number of nitrogens with two attached hydrogens (primary N) is 1. The van der Waals surface area contributed by atoms with Gasteiger partial charge in [-0.25, -0.2) is 0 Å². The van der Waals surface area contributed by atoms with E-state index in [0.29, 0.717) is 0 Å². The van der Waals surface area contributed by atoms with E-state index < -0.39 is 0 Å². The lowest BCUT2D eigenvalue weighted by Crippen LogP contribution is -2.18. The maximum absolute atomic E-state index is 5.50. The Balaban J connectivity index is 2.03. The van der Waals surface area contributed by atoms with Crippen LogP contribution in [0.25, 0.3) is 22.0 Å². The minimum atomic E-state index is 0.263. The van der Waals surface area contributed by atoms with Crippen LogP contribution in [0.4, 0.5) is 5.69 Å². The first-order chi connectivity index (χ1) is 9.72. The summed E-state index contributed by atoms with van der Waals surface area (Å²) in [5.74, 6) is 0. The van der Waals surface area contributed by atoms with E-state index in [-0.39, 0.29) is 5.11 Å².